The van der Waals surface area contributed by atoms with E-state index < -0.39 is 0 Å². The molecule has 0 fully saturated rings. The second kappa shape index (κ2) is 9.87. The van der Waals surface area contributed by atoms with Crippen LogP contribution in [0.2, 0.25) is 0 Å². The Morgan fingerprint density at radius 1 is 0.882 bits per heavy atom. The van der Waals surface area contributed by atoms with Gasteiger partial charge in [-0.25, -0.2) is 0 Å². The van der Waals surface area contributed by atoms with Gasteiger partial charge in [0.15, 0.2) is 0 Å². The van der Waals surface area contributed by atoms with Gasteiger partial charge in [0.25, 0.3) is 0 Å². The number of carbonyl (C=O) groups excluding carboxylic acids is 2. The summed E-state index contributed by atoms with van der Waals surface area (Å²) in [5, 5.41) is 0. The number of hydrogen-bond acceptors (Lipinski definition) is 4. The second-order valence-corrected chi connectivity index (χ2v) is 3.56. The standard InChI is InChI=1S/C13H22O4/c1-4-11(7-9-12(14)16-5-2)8-10-13(15)17-6-3/h4H,5-10H2,1-3H3. The monoisotopic (exact) mass is 242 g/mol. The molecule has 0 spiro atoms. The van der Waals surface area contributed by atoms with Gasteiger partial charge in [0.1, 0.15) is 0 Å². The first-order valence-electron chi connectivity index (χ1n) is 6.09. The molecule has 0 aromatic carbocycles. The van der Waals surface area contributed by atoms with Crippen LogP contribution in [0.4, 0.5) is 0 Å². The lowest BCUT2D eigenvalue weighted by atomic mass is 10.0. The third kappa shape index (κ3) is 8.48. The zero-order valence-corrected chi connectivity index (χ0v) is 11.0. The van der Waals surface area contributed by atoms with E-state index in [9.17, 15) is 9.59 Å². The summed E-state index contributed by atoms with van der Waals surface area (Å²) in [5.74, 6) is -0.383. The van der Waals surface area contributed by atoms with Crippen molar-refractivity contribution in [3.05, 3.63) is 11.6 Å². The molecule has 0 aliphatic rings. The van der Waals surface area contributed by atoms with Crippen LogP contribution < -0.4 is 0 Å². The molecule has 0 saturated carbocycles. The molecular weight excluding hydrogens is 220 g/mol. The summed E-state index contributed by atoms with van der Waals surface area (Å²) in [5.41, 5.74) is 1.09. The molecule has 0 bridgehead atoms. The Balaban J connectivity index is 3.85. The summed E-state index contributed by atoms with van der Waals surface area (Å²) in [4.78, 5) is 22.3. The van der Waals surface area contributed by atoms with Crippen LogP contribution >= 0.6 is 0 Å². The van der Waals surface area contributed by atoms with Gasteiger partial charge in [0, 0.05) is 12.8 Å². The molecule has 0 N–H and O–H groups in total. The van der Waals surface area contributed by atoms with Crippen LogP contribution in [0.25, 0.3) is 0 Å². The van der Waals surface area contributed by atoms with Crippen molar-refractivity contribution in [2.75, 3.05) is 13.2 Å². The van der Waals surface area contributed by atoms with Crippen LogP contribution in [0, 0.1) is 0 Å². The van der Waals surface area contributed by atoms with Crippen molar-refractivity contribution in [2.24, 2.45) is 0 Å². The Morgan fingerprint density at radius 3 is 1.59 bits per heavy atom. The van der Waals surface area contributed by atoms with Gasteiger partial charge in [0.05, 0.1) is 13.2 Å². The maximum absolute atomic E-state index is 11.2. The fourth-order valence-corrected chi connectivity index (χ4v) is 1.41. The largest absolute Gasteiger partial charge is 0.466 e. The molecule has 98 valence electrons. The van der Waals surface area contributed by atoms with Crippen molar-refractivity contribution in [2.45, 2.75) is 46.5 Å². The molecule has 0 aromatic heterocycles. The van der Waals surface area contributed by atoms with Crippen LogP contribution in [-0.2, 0) is 19.1 Å². The quantitative estimate of drug-likeness (QED) is 0.485. The van der Waals surface area contributed by atoms with Crippen molar-refractivity contribution in [1.29, 1.82) is 0 Å². The molecule has 0 heterocycles. The Kier molecular flexibility index (Phi) is 9.11. The van der Waals surface area contributed by atoms with Crippen molar-refractivity contribution in [3.63, 3.8) is 0 Å². The van der Waals surface area contributed by atoms with Gasteiger partial charge in [0.2, 0.25) is 0 Å². The van der Waals surface area contributed by atoms with Crippen LogP contribution in [0.5, 0.6) is 0 Å². The molecule has 17 heavy (non-hydrogen) atoms. The van der Waals surface area contributed by atoms with E-state index in [1.54, 1.807) is 13.8 Å². The molecule has 0 aromatic rings. The summed E-state index contributed by atoms with van der Waals surface area (Å²) in [6, 6.07) is 0. The third-order valence-electron chi connectivity index (χ3n) is 2.32. The van der Waals surface area contributed by atoms with E-state index in [1.165, 1.54) is 0 Å². The fourth-order valence-electron chi connectivity index (χ4n) is 1.41. The molecular formula is C13H22O4. The van der Waals surface area contributed by atoms with Gasteiger partial charge in [-0.05, 0) is 33.6 Å². The summed E-state index contributed by atoms with van der Waals surface area (Å²) in [6.07, 6.45) is 3.98. The highest BCUT2D eigenvalue weighted by molar-refractivity contribution is 5.70. The van der Waals surface area contributed by atoms with Crippen LogP contribution in [-0.4, -0.2) is 25.2 Å². The highest BCUT2D eigenvalue weighted by Gasteiger charge is 2.07. The minimum atomic E-state index is -0.192. The molecule has 0 atom stereocenters. The van der Waals surface area contributed by atoms with Crippen LogP contribution in [0.3, 0.4) is 0 Å². The molecule has 0 aliphatic carbocycles. The molecule has 0 aliphatic heterocycles. The highest BCUT2D eigenvalue weighted by Crippen LogP contribution is 2.13. The number of carbonyl (C=O) groups is 2. The summed E-state index contributed by atoms with van der Waals surface area (Å²) in [7, 11) is 0. The molecule has 4 nitrogen and oxygen atoms in total. The summed E-state index contributed by atoms with van der Waals surface area (Å²) in [6.45, 7) is 6.30. The topological polar surface area (TPSA) is 52.6 Å². The average Bonchev–Trinajstić information content (AvgIpc) is 2.30. The van der Waals surface area contributed by atoms with Gasteiger partial charge in [-0.2, -0.15) is 0 Å². The van der Waals surface area contributed by atoms with E-state index in [-0.39, 0.29) is 11.9 Å². The Hall–Kier alpha value is -1.32. The summed E-state index contributed by atoms with van der Waals surface area (Å²) < 4.78 is 9.69. The molecule has 0 unspecified atom stereocenters. The number of rotatable bonds is 8. The maximum Gasteiger partial charge on any atom is 0.306 e. The smallest absolute Gasteiger partial charge is 0.306 e. The van der Waals surface area contributed by atoms with Crippen molar-refractivity contribution in [3.8, 4) is 0 Å². The second-order valence-electron chi connectivity index (χ2n) is 3.56. The lowest BCUT2D eigenvalue weighted by Gasteiger charge is -2.06. The van der Waals surface area contributed by atoms with Crippen LogP contribution in [0.15, 0.2) is 11.6 Å². The van der Waals surface area contributed by atoms with E-state index in [4.69, 9.17) is 9.47 Å². The van der Waals surface area contributed by atoms with Crippen molar-refractivity contribution >= 4 is 11.9 Å². The fraction of sp³-hybridized carbons (Fsp3) is 0.692. The molecule has 0 rings (SSSR count). The predicted molar refractivity (Wildman–Crippen MR) is 65.5 cm³/mol. The Bertz CT molecular complexity index is 245. The minimum Gasteiger partial charge on any atom is -0.466 e. The zero-order chi connectivity index (χ0) is 13.1. The van der Waals surface area contributed by atoms with E-state index in [1.807, 2.05) is 13.0 Å². The Labute approximate surface area is 103 Å². The van der Waals surface area contributed by atoms with Gasteiger partial charge in [-0.3, -0.25) is 9.59 Å². The van der Waals surface area contributed by atoms with Gasteiger partial charge >= 0.3 is 11.9 Å². The normalized spacial score (nSPS) is 9.59. The van der Waals surface area contributed by atoms with Crippen LogP contribution in [0.1, 0.15) is 46.5 Å². The van der Waals surface area contributed by atoms with E-state index in [0.717, 1.165) is 5.57 Å². The lowest BCUT2D eigenvalue weighted by molar-refractivity contribution is -0.143. The van der Waals surface area contributed by atoms with Crippen molar-refractivity contribution < 1.29 is 19.1 Å². The van der Waals surface area contributed by atoms with Crippen molar-refractivity contribution in [1.82, 2.24) is 0 Å². The lowest BCUT2D eigenvalue weighted by Crippen LogP contribution is -2.06. The van der Waals surface area contributed by atoms with Gasteiger partial charge in [-0.1, -0.05) is 11.6 Å². The molecule has 4 heteroatoms. The SMILES string of the molecule is CC=C(CCC(=O)OCC)CCC(=O)OCC. The average molecular weight is 242 g/mol. The zero-order valence-electron chi connectivity index (χ0n) is 11.0. The number of allylic oxidation sites excluding steroid dienone is 2. The minimum absolute atomic E-state index is 0.192. The molecule has 0 amide bonds. The number of esters is 2. The highest BCUT2D eigenvalue weighted by atomic mass is 16.5. The van der Waals surface area contributed by atoms with E-state index >= 15 is 0 Å². The molecule has 0 saturated heterocycles. The van der Waals surface area contributed by atoms with Gasteiger partial charge < -0.3 is 9.47 Å². The van der Waals surface area contributed by atoms with E-state index in [0.29, 0.717) is 38.9 Å². The van der Waals surface area contributed by atoms with Gasteiger partial charge in [-0.15, -0.1) is 0 Å². The summed E-state index contributed by atoms with van der Waals surface area (Å²) >= 11 is 0. The molecule has 0 radical (unpaired) electrons. The predicted octanol–water partition coefficient (Wildman–Crippen LogP) is 2.62. The third-order valence-corrected chi connectivity index (χ3v) is 2.32. The number of hydrogen-bond donors (Lipinski definition) is 0. The van der Waals surface area contributed by atoms with E-state index in [2.05, 4.69) is 0 Å². The first-order chi connectivity index (χ1) is 8.13. The number of ether oxygens (including phenoxy) is 2. The Morgan fingerprint density at radius 2 is 1.29 bits per heavy atom. The maximum atomic E-state index is 11.2. The first-order valence-corrected chi connectivity index (χ1v) is 6.09. The first kappa shape index (κ1) is 15.7.